The summed E-state index contributed by atoms with van der Waals surface area (Å²) in [4.78, 5) is 0. The summed E-state index contributed by atoms with van der Waals surface area (Å²) >= 11 is 0. The molecule has 17 heavy (non-hydrogen) atoms. The molecule has 0 fully saturated rings. The average molecular weight is 234 g/mol. The van der Waals surface area contributed by atoms with Gasteiger partial charge in [0.15, 0.2) is 0 Å². The maximum absolute atomic E-state index is 5.62. The fraction of sp³-hybridized carbons (Fsp3) is 0.600. The second-order valence-corrected chi connectivity index (χ2v) is 5.29. The molecule has 0 spiro atoms. The lowest BCUT2D eigenvalue weighted by molar-refractivity contribution is 0.561. The van der Waals surface area contributed by atoms with Gasteiger partial charge in [-0.2, -0.15) is 0 Å². The summed E-state index contributed by atoms with van der Waals surface area (Å²) in [5.41, 5.74) is 9.59. The highest BCUT2D eigenvalue weighted by Crippen LogP contribution is 2.22. The second-order valence-electron chi connectivity index (χ2n) is 5.29. The van der Waals surface area contributed by atoms with Crippen LogP contribution in [0.25, 0.3) is 0 Å². The molecular weight excluding hydrogens is 208 g/mol. The Hall–Kier alpha value is -1.02. The number of hydrogen-bond acceptors (Lipinski definition) is 2. The van der Waals surface area contributed by atoms with Crippen LogP contribution in [-0.2, 0) is 0 Å². The summed E-state index contributed by atoms with van der Waals surface area (Å²) < 4.78 is 0. The molecule has 0 radical (unpaired) electrons. The monoisotopic (exact) mass is 234 g/mol. The minimum atomic E-state index is 0.583. The molecule has 1 aromatic carbocycles. The Kier molecular flexibility index (Phi) is 5.49. The molecule has 0 saturated carbocycles. The van der Waals surface area contributed by atoms with Crippen LogP contribution in [0.3, 0.4) is 0 Å². The van der Waals surface area contributed by atoms with Crippen LogP contribution in [0.15, 0.2) is 18.2 Å². The van der Waals surface area contributed by atoms with Crippen molar-refractivity contribution in [1.82, 2.24) is 0 Å². The van der Waals surface area contributed by atoms with Crippen LogP contribution in [0.4, 0.5) is 5.69 Å². The van der Waals surface area contributed by atoms with Gasteiger partial charge in [-0.15, -0.1) is 0 Å². The van der Waals surface area contributed by atoms with Crippen LogP contribution in [0.1, 0.15) is 44.2 Å². The van der Waals surface area contributed by atoms with Gasteiger partial charge in [0, 0.05) is 12.2 Å². The van der Waals surface area contributed by atoms with E-state index in [-0.39, 0.29) is 0 Å². The zero-order valence-corrected chi connectivity index (χ0v) is 11.6. The van der Waals surface area contributed by atoms with Gasteiger partial charge in [-0.1, -0.05) is 32.9 Å². The van der Waals surface area contributed by atoms with Crippen molar-refractivity contribution < 1.29 is 0 Å². The van der Waals surface area contributed by atoms with Crippen molar-refractivity contribution in [2.24, 2.45) is 11.7 Å². The third kappa shape index (κ3) is 4.39. The number of anilines is 1. The van der Waals surface area contributed by atoms with Crippen molar-refractivity contribution in [3.8, 4) is 0 Å². The molecule has 1 aromatic rings. The molecular formula is C15H26N2. The van der Waals surface area contributed by atoms with Crippen LogP contribution in [0.2, 0.25) is 0 Å². The molecule has 1 unspecified atom stereocenters. The van der Waals surface area contributed by atoms with E-state index in [4.69, 9.17) is 5.73 Å². The number of nitrogens with two attached hydrogens (primary N) is 1. The van der Waals surface area contributed by atoms with Crippen molar-refractivity contribution >= 4 is 5.69 Å². The highest BCUT2D eigenvalue weighted by atomic mass is 14.9. The van der Waals surface area contributed by atoms with Gasteiger partial charge in [0.2, 0.25) is 0 Å². The van der Waals surface area contributed by atoms with Gasteiger partial charge in [0.05, 0.1) is 0 Å². The Bertz CT molecular complexity index is 345. The van der Waals surface area contributed by atoms with Crippen molar-refractivity contribution in [3.05, 3.63) is 29.3 Å². The highest BCUT2D eigenvalue weighted by molar-refractivity contribution is 5.53. The topological polar surface area (TPSA) is 38.0 Å². The quantitative estimate of drug-likeness (QED) is 0.790. The lowest BCUT2D eigenvalue weighted by Crippen LogP contribution is -2.15. The van der Waals surface area contributed by atoms with Gasteiger partial charge >= 0.3 is 0 Å². The molecule has 0 aliphatic rings. The molecule has 0 heterocycles. The minimum Gasteiger partial charge on any atom is -0.385 e. The van der Waals surface area contributed by atoms with Crippen molar-refractivity contribution in [3.63, 3.8) is 0 Å². The minimum absolute atomic E-state index is 0.583. The average Bonchev–Trinajstić information content (AvgIpc) is 2.30. The Morgan fingerprint density at radius 3 is 2.53 bits per heavy atom. The SMILES string of the molecule is Cc1ccc(C(C)C)cc1NCCC(C)CN. The van der Waals surface area contributed by atoms with Crippen LogP contribution >= 0.6 is 0 Å². The van der Waals surface area contributed by atoms with Crippen LogP contribution in [0.5, 0.6) is 0 Å². The lowest BCUT2D eigenvalue weighted by Gasteiger charge is -2.15. The lowest BCUT2D eigenvalue weighted by atomic mass is 10.0. The fourth-order valence-corrected chi connectivity index (χ4v) is 1.76. The summed E-state index contributed by atoms with van der Waals surface area (Å²) in [5, 5.41) is 3.52. The summed E-state index contributed by atoms with van der Waals surface area (Å²) in [6.45, 7) is 10.6. The highest BCUT2D eigenvalue weighted by Gasteiger charge is 2.04. The van der Waals surface area contributed by atoms with E-state index in [2.05, 4.69) is 51.2 Å². The van der Waals surface area contributed by atoms with Gasteiger partial charge in [-0.3, -0.25) is 0 Å². The van der Waals surface area contributed by atoms with Crippen molar-refractivity contribution in [2.45, 2.75) is 40.0 Å². The van der Waals surface area contributed by atoms with E-state index in [1.54, 1.807) is 0 Å². The molecule has 0 aliphatic carbocycles. The standard InChI is InChI=1S/C15H26N2/c1-11(2)14-6-5-13(4)15(9-14)17-8-7-12(3)10-16/h5-6,9,11-12,17H,7-8,10,16H2,1-4H3. The van der Waals surface area contributed by atoms with Gasteiger partial charge in [0.1, 0.15) is 0 Å². The Labute approximate surface area is 106 Å². The first-order chi connectivity index (χ1) is 8.04. The van der Waals surface area contributed by atoms with Crippen LogP contribution < -0.4 is 11.1 Å². The number of hydrogen-bond donors (Lipinski definition) is 2. The van der Waals surface area contributed by atoms with Crippen LogP contribution in [-0.4, -0.2) is 13.1 Å². The predicted octanol–water partition coefficient (Wildman–Crippen LogP) is 3.52. The largest absolute Gasteiger partial charge is 0.385 e. The molecule has 0 aromatic heterocycles. The molecule has 1 atom stereocenters. The first kappa shape index (κ1) is 14.0. The maximum Gasteiger partial charge on any atom is 0.0372 e. The zero-order valence-electron chi connectivity index (χ0n) is 11.6. The van der Waals surface area contributed by atoms with E-state index in [1.165, 1.54) is 16.8 Å². The smallest absolute Gasteiger partial charge is 0.0372 e. The van der Waals surface area contributed by atoms with E-state index in [9.17, 15) is 0 Å². The third-order valence-electron chi connectivity index (χ3n) is 3.28. The van der Waals surface area contributed by atoms with E-state index in [0.717, 1.165) is 19.5 Å². The molecule has 2 heteroatoms. The molecule has 3 N–H and O–H groups in total. The van der Waals surface area contributed by atoms with Gasteiger partial charge in [-0.25, -0.2) is 0 Å². The fourth-order valence-electron chi connectivity index (χ4n) is 1.76. The summed E-state index contributed by atoms with van der Waals surface area (Å²) in [6.07, 6.45) is 1.13. The van der Waals surface area contributed by atoms with E-state index < -0.39 is 0 Å². The van der Waals surface area contributed by atoms with Crippen molar-refractivity contribution in [2.75, 3.05) is 18.4 Å². The van der Waals surface area contributed by atoms with Gasteiger partial charge < -0.3 is 11.1 Å². The van der Waals surface area contributed by atoms with E-state index >= 15 is 0 Å². The van der Waals surface area contributed by atoms with E-state index in [1.807, 2.05) is 0 Å². The summed E-state index contributed by atoms with van der Waals surface area (Å²) in [5.74, 6) is 1.18. The Morgan fingerprint density at radius 1 is 1.24 bits per heavy atom. The second kappa shape index (κ2) is 6.65. The molecule has 0 aliphatic heterocycles. The summed E-state index contributed by atoms with van der Waals surface area (Å²) in [7, 11) is 0. The molecule has 0 amide bonds. The number of nitrogens with one attached hydrogen (secondary N) is 1. The number of benzene rings is 1. The molecule has 1 rings (SSSR count). The zero-order chi connectivity index (χ0) is 12.8. The molecule has 2 nitrogen and oxygen atoms in total. The van der Waals surface area contributed by atoms with Gasteiger partial charge in [0.25, 0.3) is 0 Å². The first-order valence-corrected chi connectivity index (χ1v) is 6.59. The predicted molar refractivity (Wildman–Crippen MR) is 76.6 cm³/mol. The normalized spacial score (nSPS) is 12.8. The van der Waals surface area contributed by atoms with Gasteiger partial charge in [-0.05, 0) is 48.9 Å². The number of rotatable bonds is 6. The Morgan fingerprint density at radius 2 is 1.94 bits per heavy atom. The van der Waals surface area contributed by atoms with E-state index in [0.29, 0.717) is 11.8 Å². The third-order valence-corrected chi connectivity index (χ3v) is 3.28. The number of aryl methyl sites for hydroxylation is 1. The van der Waals surface area contributed by atoms with Crippen molar-refractivity contribution in [1.29, 1.82) is 0 Å². The first-order valence-electron chi connectivity index (χ1n) is 6.59. The molecule has 0 bridgehead atoms. The summed E-state index contributed by atoms with van der Waals surface area (Å²) in [6, 6.07) is 6.69. The molecule has 0 saturated heterocycles. The Balaban J connectivity index is 2.60. The maximum atomic E-state index is 5.62. The van der Waals surface area contributed by atoms with Crippen LogP contribution in [0, 0.1) is 12.8 Å². The molecule has 96 valence electrons.